The molecule has 0 bridgehead atoms. The van der Waals surface area contributed by atoms with Gasteiger partial charge in [-0.15, -0.1) is 0 Å². The van der Waals surface area contributed by atoms with Crippen LogP contribution in [0.2, 0.25) is 5.02 Å². The lowest BCUT2D eigenvalue weighted by Crippen LogP contribution is -2.30. The maximum absolute atomic E-state index is 12.4. The van der Waals surface area contributed by atoms with Crippen LogP contribution >= 0.6 is 23.4 Å². The number of thioether (sulfide) groups is 1. The van der Waals surface area contributed by atoms with Crippen molar-refractivity contribution in [2.45, 2.75) is 30.7 Å². The number of aryl methyl sites for hydroxylation is 1. The zero-order chi connectivity index (χ0) is 17.8. The molecule has 0 spiro atoms. The summed E-state index contributed by atoms with van der Waals surface area (Å²) < 4.78 is 0. The lowest BCUT2D eigenvalue weighted by molar-refractivity contribution is -0.120. The van der Waals surface area contributed by atoms with Crippen LogP contribution in [0.3, 0.4) is 0 Å². The van der Waals surface area contributed by atoms with Gasteiger partial charge in [0.1, 0.15) is 10.9 Å². The summed E-state index contributed by atoms with van der Waals surface area (Å²) in [7, 11) is 0. The molecule has 0 aliphatic heterocycles. The van der Waals surface area contributed by atoms with E-state index in [1.807, 2.05) is 62.4 Å². The first kappa shape index (κ1) is 17.7. The molecule has 6 heteroatoms. The molecular weight excluding hydrogens is 354 g/mol. The molecule has 1 N–H and O–H groups in total. The number of nitrogens with zero attached hydrogens (tertiary/aromatic N) is 2. The second kappa shape index (κ2) is 7.85. The lowest BCUT2D eigenvalue weighted by atomic mass is 10.2. The van der Waals surface area contributed by atoms with Gasteiger partial charge in [-0.3, -0.25) is 4.79 Å². The predicted octanol–water partition coefficient (Wildman–Crippen LogP) is 4.39. The average molecular weight is 372 g/mol. The molecule has 128 valence electrons. The molecule has 1 aromatic heterocycles. The molecule has 0 aliphatic rings. The quantitative estimate of drug-likeness (QED) is 0.534. The molecule has 0 saturated heterocycles. The van der Waals surface area contributed by atoms with E-state index in [4.69, 9.17) is 11.6 Å². The van der Waals surface area contributed by atoms with Crippen molar-refractivity contribution >= 4 is 40.2 Å². The minimum absolute atomic E-state index is 0.0507. The van der Waals surface area contributed by atoms with E-state index in [9.17, 15) is 4.79 Å². The van der Waals surface area contributed by atoms with Crippen molar-refractivity contribution in [1.29, 1.82) is 0 Å². The van der Waals surface area contributed by atoms with Crippen LogP contribution in [0, 0.1) is 6.92 Å². The van der Waals surface area contributed by atoms with Crippen molar-refractivity contribution in [2.75, 3.05) is 0 Å². The number of carbonyl (C=O) groups is 1. The first-order valence-corrected chi connectivity index (χ1v) is 9.21. The third-order valence-corrected chi connectivity index (χ3v) is 5.22. The van der Waals surface area contributed by atoms with Crippen LogP contribution in [0.5, 0.6) is 0 Å². The van der Waals surface area contributed by atoms with Crippen LogP contribution in [0.15, 0.2) is 53.6 Å². The Morgan fingerprint density at radius 3 is 2.68 bits per heavy atom. The number of halogens is 1. The van der Waals surface area contributed by atoms with Gasteiger partial charge in [0.25, 0.3) is 0 Å². The minimum atomic E-state index is -0.278. The summed E-state index contributed by atoms with van der Waals surface area (Å²) in [5, 5.41) is 5.10. The van der Waals surface area contributed by atoms with Crippen LogP contribution in [0.25, 0.3) is 10.9 Å². The summed E-state index contributed by atoms with van der Waals surface area (Å²) in [6, 6.07) is 15.3. The number of amides is 1. The Morgan fingerprint density at radius 2 is 1.88 bits per heavy atom. The molecule has 0 fully saturated rings. The van der Waals surface area contributed by atoms with Crippen molar-refractivity contribution in [2.24, 2.45) is 0 Å². The summed E-state index contributed by atoms with van der Waals surface area (Å²) in [5.41, 5.74) is 1.79. The highest BCUT2D eigenvalue weighted by atomic mass is 35.5. The van der Waals surface area contributed by atoms with Crippen LogP contribution in [-0.2, 0) is 11.3 Å². The summed E-state index contributed by atoms with van der Waals surface area (Å²) in [4.78, 5) is 21.4. The van der Waals surface area contributed by atoms with Gasteiger partial charge in [-0.1, -0.05) is 59.8 Å². The molecule has 0 aliphatic carbocycles. The van der Waals surface area contributed by atoms with Gasteiger partial charge in [0.2, 0.25) is 5.91 Å². The van der Waals surface area contributed by atoms with E-state index >= 15 is 0 Å². The Labute approximate surface area is 156 Å². The number of nitrogens with one attached hydrogen (secondary N) is 1. The zero-order valence-corrected chi connectivity index (χ0v) is 15.6. The van der Waals surface area contributed by atoms with E-state index in [0.717, 1.165) is 21.5 Å². The molecule has 4 nitrogen and oxygen atoms in total. The SMILES string of the molecule is Cc1nc(S[C@@H](C)C(=O)NCc2ccccc2Cl)c2ccccc2n1. The first-order chi connectivity index (χ1) is 12.0. The molecule has 2 aromatic carbocycles. The number of hydrogen-bond acceptors (Lipinski definition) is 4. The van der Waals surface area contributed by atoms with E-state index in [1.165, 1.54) is 11.8 Å². The summed E-state index contributed by atoms with van der Waals surface area (Å²) in [5.74, 6) is 0.648. The third kappa shape index (κ3) is 4.30. The second-order valence-electron chi connectivity index (χ2n) is 5.66. The highest BCUT2D eigenvalue weighted by Gasteiger charge is 2.17. The Morgan fingerprint density at radius 1 is 1.16 bits per heavy atom. The van der Waals surface area contributed by atoms with Gasteiger partial charge < -0.3 is 5.32 Å². The molecular formula is C19H18ClN3OS. The summed E-state index contributed by atoms with van der Waals surface area (Å²) in [6.45, 7) is 4.14. The van der Waals surface area contributed by atoms with Crippen LogP contribution < -0.4 is 5.32 Å². The van der Waals surface area contributed by atoms with Gasteiger partial charge in [-0.2, -0.15) is 0 Å². The fourth-order valence-corrected chi connectivity index (χ4v) is 3.65. The van der Waals surface area contributed by atoms with Crippen LogP contribution in [0.4, 0.5) is 0 Å². The second-order valence-corrected chi connectivity index (χ2v) is 7.40. The largest absolute Gasteiger partial charge is 0.351 e. The number of aromatic nitrogens is 2. The van der Waals surface area contributed by atoms with Gasteiger partial charge in [0.05, 0.1) is 10.8 Å². The summed E-state index contributed by atoms with van der Waals surface area (Å²) >= 11 is 7.56. The maximum atomic E-state index is 12.4. The van der Waals surface area contributed by atoms with E-state index in [-0.39, 0.29) is 11.2 Å². The number of benzene rings is 2. The molecule has 3 rings (SSSR count). The van der Waals surface area contributed by atoms with Crippen LogP contribution in [0.1, 0.15) is 18.3 Å². The number of fused-ring (bicyclic) bond motifs is 1. The average Bonchev–Trinajstić information content (AvgIpc) is 2.60. The molecule has 1 amide bonds. The highest BCUT2D eigenvalue weighted by molar-refractivity contribution is 8.00. The monoisotopic (exact) mass is 371 g/mol. The van der Waals surface area contributed by atoms with Crippen molar-refractivity contribution < 1.29 is 4.79 Å². The van der Waals surface area contributed by atoms with E-state index < -0.39 is 0 Å². The number of rotatable bonds is 5. The fourth-order valence-electron chi connectivity index (χ4n) is 2.44. The third-order valence-electron chi connectivity index (χ3n) is 3.75. The Hall–Kier alpha value is -2.11. The van der Waals surface area contributed by atoms with Gasteiger partial charge >= 0.3 is 0 Å². The first-order valence-electron chi connectivity index (χ1n) is 7.96. The molecule has 1 atom stereocenters. The van der Waals surface area contributed by atoms with Crippen molar-refractivity contribution in [3.63, 3.8) is 0 Å². The fraction of sp³-hybridized carbons (Fsp3) is 0.211. The topological polar surface area (TPSA) is 54.9 Å². The Balaban J connectivity index is 1.71. The van der Waals surface area contributed by atoms with Crippen LogP contribution in [-0.4, -0.2) is 21.1 Å². The molecule has 1 heterocycles. The van der Waals surface area contributed by atoms with Gasteiger partial charge in [-0.05, 0) is 31.5 Å². The van der Waals surface area contributed by atoms with E-state index in [0.29, 0.717) is 17.4 Å². The molecule has 0 radical (unpaired) electrons. The maximum Gasteiger partial charge on any atom is 0.233 e. The molecule has 25 heavy (non-hydrogen) atoms. The lowest BCUT2D eigenvalue weighted by Gasteiger charge is -2.13. The van der Waals surface area contributed by atoms with E-state index in [2.05, 4.69) is 15.3 Å². The Bertz CT molecular complexity index is 916. The van der Waals surface area contributed by atoms with Gasteiger partial charge in [-0.25, -0.2) is 9.97 Å². The zero-order valence-electron chi connectivity index (χ0n) is 14.0. The normalized spacial score (nSPS) is 12.1. The molecule has 0 saturated carbocycles. The van der Waals surface area contributed by atoms with Crippen molar-refractivity contribution in [3.8, 4) is 0 Å². The predicted molar refractivity (Wildman–Crippen MR) is 103 cm³/mol. The molecule has 3 aromatic rings. The van der Waals surface area contributed by atoms with Gasteiger partial charge in [0, 0.05) is 17.0 Å². The minimum Gasteiger partial charge on any atom is -0.351 e. The number of para-hydroxylation sites is 1. The molecule has 0 unspecified atom stereocenters. The highest BCUT2D eigenvalue weighted by Crippen LogP contribution is 2.28. The smallest absolute Gasteiger partial charge is 0.233 e. The Kier molecular flexibility index (Phi) is 5.56. The number of carbonyl (C=O) groups excluding carboxylic acids is 1. The summed E-state index contributed by atoms with van der Waals surface area (Å²) in [6.07, 6.45) is 0. The standard InChI is InChI=1S/C19H18ClN3OS/c1-12(18(24)21-11-14-7-3-5-9-16(14)20)25-19-15-8-4-6-10-17(15)22-13(2)23-19/h3-10,12H,11H2,1-2H3,(H,21,24)/t12-/m0/s1. The van der Waals surface area contributed by atoms with Crippen molar-refractivity contribution in [3.05, 3.63) is 64.9 Å². The number of hydrogen-bond donors (Lipinski definition) is 1. The van der Waals surface area contributed by atoms with E-state index in [1.54, 1.807) is 0 Å². The van der Waals surface area contributed by atoms with Gasteiger partial charge in [0.15, 0.2) is 0 Å². The van der Waals surface area contributed by atoms with Crippen molar-refractivity contribution in [1.82, 2.24) is 15.3 Å².